The van der Waals surface area contributed by atoms with Gasteiger partial charge in [-0.2, -0.15) is 0 Å². The van der Waals surface area contributed by atoms with Gasteiger partial charge in [0, 0.05) is 22.8 Å². The molecule has 0 aliphatic rings. The van der Waals surface area contributed by atoms with Crippen molar-refractivity contribution in [2.75, 3.05) is 12.3 Å². The molecule has 1 heterocycles. The van der Waals surface area contributed by atoms with Crippen LogP contribution in [0.25, 0.3) is 0 Å². The fraction of sp³-hybridized carbons (Fsp3) is 0.556. The molecule has 1 aromatic heterocycles. The van der Waals surface area contributed by atoms with Crippen molar-refractivity contribution in [1.29, 1.82) is 0 Å². The largest absolute Gasteiger partial charge is 0.311 e. The zero-order valence-corrected chi connectivity index (χ0v) is 10.5. The molecular weight excluding hydrogens is 232 g/mol. The van der Waals surface area contributed by atoms with Gasteiger partial charge in [-0.25, -0.2) is 13.6 Å². The minimum Gasteiger partial charge on any atom is -0.311 e. The van der Waals surface area contributed by atoms with Gasteiger partial charge in [-0.05, 0) is 25.5 Å². The van der Waals surface area contributed by atoms with Crippen molar-refractivity contribution in [1.82, 2.24) is 5.32 Å². The first-order chi connectivity index (χ1) is 6.88. The van der Waals surface area contributed by atoms with Crippen molar-refractivity contribution >= 4 is 21.4 Å². The van der Waals surface area contributed by atoms with E-state index in [1.54, 1.807) is 11.3 Å². The first kappa shape index (κ1) is 12.6. The van der Waals surface area contributed by atoms with Crippen molar-refractivity contribution in [3.8, 4) is 0 Å². The monoisotopic (exact) mass is 248 g/mol. The summed E-state index contributed by atoms with van der Waals surface area (Å²) in [4.78, 5) is 2.53. The third-order valence-corrected chi connectivity index (χ3v) is 4.01. The molecule has 86 valence electrons. The number of sulfonamides is 1. The lowest BCUT2D eigenvalue weighted by molar-refractivity contribution is 0.592. The van der Waals surface area contributed by atoms with Crippen molar-refractivity contribution in [3.05, 3.63) is 21.4 Å². The number of primary sulfonamides is 1. The highest BCUT2D eigenvalue weighted by Gasteiger charge is 2.03. The molecule has 0 spiro atoms. The number of hydrogen-bond donors (Lipinski definition) is 2. The molecule has 0 aliphatic carbocycles. The van der Waals surface area contributed by atoms with Gasteiger partial charge in [-0.3, -0.25) is 0 Å². The smallest absolute Gasteiger partial charge is 0.210 e. The van der Waals surface area contributed by atoms with Crippen LogP contribution in [-0.4, -0.2) is 20.7 Å². The molecule has 15 heavy (non-hydrogen) atoms. The number of nitrogens with one attached hydrogen (secondary N) is 1. The van der Waals surface area contributed by atoms with Crippen molar-refractivity contribution in [2.45, 2.75) is 20.4 Å². The summed E-state index contributed by atoms with van der Waals surface area (Å²) in [6, 6.07) is 2.12. The molecule has 0 aliphatic heterocycles. The third-order valence-electron chi connectivity index (χ3n) is 2.08. The summed E-state index contributed by atoms with van der Waals surface area (Å²) in [5, 5.41) is 7.93. The van der Waals surface area contributed by atoms with Gasteiger partial charge in [-0.1, -0.05) is 0 Å². The summed E-state index contributed by atoms with van der Waals surface area (Å²) in [6.07, 6.45) is 0. The Morgan fingerprint density at radius 1 is 1.47 bits per heavy atom. The van der Waals surface area contributed by atoms with E-state index in [2.05, 4.69) is 25.2 Å². The molecule has 0 unspecified atom stereocenters. The van der Waals surface area contributed by atoms with Crippen LogP contribution in [0.4, 0.5) is 0 Å². The molecular formula is C9H16N2O2S2. The van der Waals surface area contributed by atoms with E-state index in [-0.39, 0.29) is 5.75 Å². The van der Waals surface area contributed by atoms with Crippen molar-refractivity contribution < 1.29 is 8.42 Å². The van der Waals surface area contributed by atoms with Crippen LogP contribution >= 0.6 is 11.3 Å². The van der Waals surface area contributed by atoms with Crippen LogP contribution in [0.5, 0.6) is 0 Å². The number of nitrogens with two attached hydrogens (primary N) is 1. The standard InChI is InChI=1S/C9H16N2O2S2/c1-7-5-9(14-8(7)2)6-11-3-4-15(10,12)13/h5,11H,3-4,6H2,1-2H3,(H2,10,12,13). The average Bonchev–Trinajstić information content (AvgIpc) is 2.39. The van der Waals surface area contributed by atoms with E-state index < -0.39 is 10.0 Å². The quantitative estimate of drug-likeness (QED) is 0.755. The zero-order chi connectivity index (χ0) is 11.5. The Kier molecular flexibility index (Phi) is 4.27. The maximum absolute atomic E-state index is 10.6. The van der Waals surface area contributed by atoms with Crippen LogP contribution in [0, 0.1) is 13.8 Å². The lowest BCUT2D eigenvalue weighted by Gasteiger charge is -2.00. The van der Waals surface area contributed by atoms with E-state index in [4.69, 9.17) is 5.14 Å². The van der Waals surface area contributed by atoms with Gasteiger partial charge < -0.3 is 5.32 Å². The van der Waals surface area contributed by atoms with Crippen LogP contribution in [0.15, 0.2) is 6.07 Å². The summed E-state index contributed by atoms with van der Waals surface area (Å²) in [6.45, 7) is 5.25. The highest BCUT2D eigenvalue weighted by atomic mass is 32.2. The normalized spacial score (nSPS) is 11.9. The Morgan fingerprint density at radius 3 is 2.60 bits per heavy atom. The molecule has 0 fully saturated rings. The Balaban J connectivity index is 2.32. The Morgan fingerprint density at radius 2 is 2.13 bits per heavy atom. The Bertz CT molecular complexity index is 404. The lowest BCUT2D eigenvalue weighted by Crippen LogP contribution is -2.26. The van der Waals surface area contributed by atoms with E-state index in [1.807, 2.05) is 0 Å². The first-order valence-electron chi connectivity index (χ1n) is 4.65. The van der Waals surface area contributed by atoms with Gasteiger partial charge in [0.1, 0.15) is 0 Å². The number of thiophene rings is 1. The summed E-state index contributed by atoms with van der Waals surface area (Å²) in [5.74, 6) is -0.0175. The average molecular weight is 248 g/mol. The Hall–Kier alpha value is -0.430. The van der Waals surface area contributed by atoms with Gasteiger partial charge >= 0.3 is 0 Å². The zero-order valence-electron chi connectivity index (χ0n) is 8.91. The molecule has 6 heteroatoms. The van der Waals surface area contributed by atoms with Crippen LogP contribution in [0.3, 0.4) is 0 Å². The van der Waals surface area contributed by atoms with Gasteiger partial charge in [0.2, 0.25) is 10.0 Å². The molecule has 0 saturated heterocycles. The molecule has 0 bridgehead atoms. The predicted molar refractivity (Wildman–Crippen MR) is 63.5 cm³/mol. The number of hydrogen-bond acceptors (Lipinski definition) is 4. The van der Waals surface area contributed by atoms with Crippen LogP contribution in [0.2, 0.25) is 0 Å². The fourth-order valence-electron chi connectivity index (χ4n) is 1.16. The molecule has 3 N–H and O–H groups in total. The van der Waals surface area contributed by atoms with Gasteiger partial charge in [0.15, 0.2) is 0 Å². The van der Waals surface area contributed by atoms with Crippen LogP contribution in [0.1, 0.15) is 15.3 Å². The lowest BCUT2D eigenvalue weighted by atomic mass is 10.3. The van der Waals surface area contributed by atoms with Crippen LogP contribution < -0.4 is 10.5 Å². The van der Waals surface area contributed by atoms with Gasteiger partial charge in [0.25, 0.3) is 0 Å². The SMILES string of the molecule is Cc1cc(CNCCS(N)(=O)=O)sc1C. The van der Waals surface area contributed by atoms with Crippen molar-refractivity contribution in [2.24, 2.45) is 5.14 Å². The number of rotatable bonds is 5. The van der Waals surface area contributed by atoms with Crippen molar-refractivity contribution in [3.63, 3.8) is 0 Å². The molecule has 0 radical (unpaired) electrons. The second-order valence-electron chi connectivity index (χ2n) is 3.50. The fourth-order valence-corrected chi connectivity index (χ4v) is 2.61. The minimum absolute atomic E-state index is 0.0175. The van der Waals surface area contributed by atoms with E-state index in [0.29, 0.717) is 13.1 Å². The highest BCUT2D eigenvalue weighted by Crippen LogP contribution is 2.19. The van der Waals surface area contributed by atoms with E-state index in [1.165, 1.54) is 15.3 Å². The topological polar surface area (TPSA) is 72.2 Å². The summed E-state index contributed by atoms with van der Waals surface area (Å²) < 4.78 is 21.3. The minimum atomic E-state index is -3.34. The Labute approximate surface area is 94.5 Å². The molecule has 1 aromatic rings. The maximum atomic E-state index is 10.6. The van der Waals surface area contributed by atoms with E-state index in [0.717, 1.165) is 0 Å². The van der Waals surface area contributed by atoms with E-state index >= 15 is 0 Å². The second-order valence-corrected chi connectivity index (χ2v) is 6.57. The summed E-state index contributed by atoms with van der Waals surface area (Å²) >= 11 is 1.73. The molecule has 4 nitrogen and oxygen atoms in total. The molecule has 1 rings (SSSR count). The van der Waals surface area contributed by atoms with Gasteiger partial charge in [0.05, 0.1) is 5.75 Å². The first-order valence-corrected chi connectivity index (χ1v) is 7.19. The predicted octanol–water partition coefficient (Wildman–Crippen LogP) is 0.743. The molecule has 0 aromatic carbocycles. The number of aryl methyl sites for hydroxylation is 2. The van der Waals surface area contributed by atoms with E-state index in [9.17, 15) is 8.42 Å². The molecule has 0 saturated carbocycles. The molecule has 0 amide bonds. The van der Waals surface area contributed by atoms with Gasteiger partial charge in [-0.15, -0.1) is 11.3 Å². The maximum Gasteiger partial charge on any atom is 0.210 e. The van der Waals surface area contributed by atoms with Crippen LogP contribution in [-0.2, 0) is 16.6 Å². The summed E-state index contributed by atoms with van der Waals surface area (Å²) in [7, 11) is -3.34. The highest BCUT2D eigenvalue weighted by molar-refractivity contribution is 7.89. The molecule has 0 atom stereocenters. The second kappa shape index (κ2) is 5.07. The third kappa shape index (κ3) is 4.74. The summed E-state index contributed by atoms with van der Waals surface area (Å²) in [5.41, 5.74) is 1.28.